The van der Waals surface area contributed by atoms with E-state index in [1.165, 1.54) is 0 Å². The van der Waals surface area contributed by atoms with E-state index in [4.69, 9.17) is 0 Å². The number of benzene rings is 1. The molecule has 1 saturated heterocycles. The Balaban J connectivity index is 2.08. The zero-order valence-electron chi connectivity index (χ0n) is 15.5. The zero-order valence-corrected chi connectivity index (χ0v) is 16.4. The molecule has 1 aromatic carbocycles. The molecule has 1 aliphatic carbocycles. The average Bonchev–Trinajstić information content (AvgIpc) is 3.08. The van der Waals surface area contributed by atoms with Crippen LogP contribution in [-0.2, 0) is 14.6 Å². The van der Waals surface area contributed by atoms with Crippen molar-refractivity contribution in [3.63, 3.8) is 0 Å². The molecule has 2 aliphatic rings. The van der Waals surface area contributed by atoms with Crippen LogP contribution < -0.4 is 0 Å². The van der Waals surface area contributed by atoms with Crippen LogP contribution in [0.2, 0.25) is 0 Å². The maximum atomic E-state index is 13.7. The van der Waals surface area contributed by atoms with Crippen LogP contribution in [0.4, 0.5) is 0 Å². The summed E-state index contributed by atoms with van der Waals surface area (Å²) in [5.41, 5.74) is 1.65. The SMILES string of the molecule is Cc1ccc(C)c(S(=O)(=O)C2(C(=O)N3CCCCC3C)CCCC2)c1. The highest BCUT2D eigenvalue weighted by molar-refractivity contribution is 7.93. The Morgan fingerprint density at radius 1 is 1.12 bits per heavy atom. The molecule has 3 rings (SSSR count). The third-order valence-corrected chi connectivity index (χ3v) is 8.64. The van der Waals surface area contributed by atoms with Crippen LogP contribution in [-0.4, -0.2) is 36.6 Å². The number of aryl methyl sites for hydroxylation is 2. The number of amides is 1. The van der Waals surface area contributed by atoms with Crippen molar-refractivity contribution in [1.29, 1.82) is 0 Å². The maximum absolute atomic E-state index is 13.7. The van der Waals surface area contributed by atoms with Crippen molar-refractivity contribution in [2.45, 2.75) is 81.4 Å². The summed E-state index contributed by atoms with van der Waals surface area (Å²) >= 11 is 0. The Morgan fingerprint density at radius 2 is 1.80 bits per heavy atom. The fraction of sp³-hybridized carbons (Fsp3) is 0.650. The first-order chi connectivity index (χ1) is 11.8. The van der Waals surface area contributed by atoms with Crippen LogP contribution in [0.5, 0.6) is 0 Å². The number of carbonyl (C=O) groups is 1. The quantitative estimate of drug-likeness (QED) is 0.821. The summed E-state index contributed by atoms with van der Waals surface area (Å²) in [7, 11) is -3.72. The summed E-state index contributed by atoms with van der Waals surface area (Å²) in [4.78, 5) is 15.7. The van der Waals surface area contributed by atoms with Gasteiger partial charge in [0.2, 0.25) is 5.91 Å². The molecule has 1 amide bonds. The molecule has 1 unspecified atom stereocenters. The van der Waals surface area contributed by atoms with Crippen LogP contribution in [0.15, 0.2) is 23.1 Å². The molecule has 25 heavy (non-hydrogen) atoms. The minimum absolute atomic E-state index is 0.132. The first-order valence-electron chi connectivity index (χ1n) is 9.42. The molecular formula is C20H29NO3S. The molecule has 1 heterocycles. The van der Waals surface area contributed by atoms with E-state index in [0.29, 0.717) is 24.3 Å². The smallest absolute Gasteiger partial charge is 0.244 e. The highest BCUT2D eigenvalue weighted by Crippen LogP contribution is 2.43. The molecule has 0 N–H and O–H groups in total. The number of hydrogen-bond acceptors (Lipinski definition) is 3. The molecule has 4 nitrogen and oxygen atoms in total. The van der Waals surface area contributed by atoms with Crippen LogP contribution in [0, 0.1) is 13.8 Å². The van der Waals surface area contributed by atoms with Gasteiger partial charge in [0.15, 0.2) is 14.6 Å². The summed E-state index contributed by atoms with van der Waals surface area (Å²) in [5, 5.41) is 0. The van der Waals surface area contributed by atoms with Crippen molar-refractivity contribution in [2.24, 2.45) is 0 Å². The number of sulfone groups is 1. The van der Waals surface area contributed by atoms with Gasteiger partial charge in [0.05, 0.1) is 4.90 Å². The lowest BCUT2D eigenvalue weighted by atomic mass is 9.98. The number of nitrogens with zero attached hydrogens (tertiary/aromatic N) is 1. The molecule has 2 fully saturated rings. The van der Waals surface area contributed by atoms with Crippen molar-refractivity contribution in [3.05, 3.63) is 29.3 Å². The molecule has 0 radical (unpaired) electrons. The van der Waals surface area contributed by atoms with E-state index in [9.17, 15) is 13.2 Å². The number of rotatable bonds is 3. The largest absolute Gasteiger partial charge is 0.339 e. The van der Waals surface area contributed by atoms with Gasteiger partial charge in [0, 0.05) is 12.6 Å². The van der Waals surface area contributed by atoms with Crippen LogP contribution >= 0.6 is 0 Å². The van der Waals surface area contributed by atoms with Crippen LogP contribution in [0.1, 0.15) is 63.0 Å². The van der Waals surface area contributed by atoms with Gasteiger partial charge < -0.3 is 4.90 Å². The second-order valence-electron chi connectivity index (χ2n) is 7.82. The first kappa shape index (κ1) is 18.4. The van der Waals surface area contributed by atoms with E-state index < -0.39 is 14.6 Å². The molecule has 1 aromatic rings. The predicted molar refractivity (Wildman–Crippen MR) is 99.3 cm³/mol. The number of piperidine rings is 1. The maximum Gasteiger partial charge on any atom is 0.244 e. The summed E-state index contributed by atoms with van der Waals surface area (Å²) in [6.45, 7) is 6.45. The fourth-order valence-corrected chi connectivity index (χ4v) is 6.84. The van der Waals surface area contributed by atoms with E-state index in [1.807, 2.05) is 37.8 Å². The van der Waals surface area contributed by atoms with Gasteiger partial charge in [0.1, 0.15) is 0 Å². The molecule has 1 aliphatic heterocycles. The summed E-state index contributed by atoms with van der Waals surface area (Å²) in [6.07, 6.45) is 5.55. The van der Waals surface area contributed by atoms with Gasteiger partial charge in [-0.2, -0.15) is 0 Å². The highest BCUT2D eigenvalue weighted by atomic mass is 32.2. The van der Waals surface area contributed by atoms with Gasteiger partial charge in [0.25, 0.3) is 0 Å². The van der Waals surface area contributed by atoms with Crippen molar-refractivity contribution in [2.75, 3.05) is 6.54 Å². The molecule has 1 atom stereocenters. The van der Waals surface area contributed by atoms with Gasteiger partial charge in [-0.05, 0) is 70.1 Å². The average molecular weight is 364 g/mol. The first-order valence-corrected chi connectivity index (χ1v) is 10.9. The van der Waals surface area contributed by atoms with Crippen molar-refractivity contribution in [1.82, 2.24) is 4.90 Å². The van der Waals surface area contributed by atoms with E-state index >= 15 is 0 Å². The Morgan fingerprint density at radius 3 is 2.44 bits per heavy atom. The lowest BCUT2D eigenvalue weighted by molar-refractivity contribution is -0.137. The zero-order chi connectivity index (χ0) is 18.2. The number of likely N-dealkylation sites (tertiary alicyclic amines) is 1. The van der Waals surface area contributed by atoms with Gasteiger partial charge in [-0.1, -0.05) is 25.0 Å². The Hall–Kier alpha value is -1.36. The summed E-state index contributed by atoms with van der Waals surface area (Å²) in [5.74, 6) is -0.155. The van der Waals surface area contributed by atoms with Crippen molar-refractivity contribution >= 4 is 15.7 Å². The van der Waals surface area contributed by atoms with Crippen molar-refractivity contribution < 1.29 is 13.2 Å². The standard InChI is InChI=1S/C20H29NO3S/c1-15-9-10-16(2)18(14-15)25(23,24)20(11-5-6-12-20)19(22)21-13-7-4-8-17(21)3/h9-10,14,17H,4-8,11-13H2,1-3H3. The molecule has 0 aromatic heterocycles. The van der Waals surface area contributed by atoms with Crippen LogP contribution in [0.25, 0.3) is 0 Å². The summed E-state index contributed by atoms with van der Waals surface area (Å²) < 4.78 is 26.1. The second-order valence-corrected chi connectivity index (χ2v) is 10.0. The van der Waals surface area contributed by atoms with E-state index in [2.05, 4.69) is 0 Å². The lowest BCUT2D eigenvalue weighted by Crippen LogP contribution is -2.56. The van der Waals surface area contributed by atoms with Gasteiger partial charge in [-0.15, -0.1) is 0 Å². The highest BCUT2D eigenvalue weighted by Gasteiger charge is 2.55. The van der Waals surface area contributed by atoms with Crippen LogP contribution in [0.3, 0.4) is 0 Å². The third kappa shape index (κ3) is 3.01. The normalized spacial score (nSPS) is 23.6. The van der Waals surface area contributed by atoms with Gasteiger partial charge >= 0.3 is 0 Å². The van der Waals surface area contributed by atoms with Gasteiger partial charge in [-0.3, -0.25) is 4.79 Å². The molecule has 0 bridgehead atoms. The minimum atomic E-state index is -3.72. The Bertz CT molecular complexity index is 763. The second kappa shape index (κ2) is 6.75. The fourth-order valence-electron chi connectivity index (χ4n) is 4.41. The van der Waals surface area contributed by atoms with Gasteiger partial charge in [-0.25, -0.2) is 8.42 Å². The monoisotopic (exact) mass is 363 g/mol. The lowest BCUT2D eigenvalue weighted by Gasteiger charge is -2.40. The molecule has 1 saturated carbocycles. The third-order valence-electron chi connectivity index (χ3n) is 6.01. The van der Waals surface area contributed by atoms with E-state index in [0.717, 1.165) is 43.2 Å². The minimum Gasteiger partial charge on any atom is -0.339 e. The molecule has 138 valence electrons. The number of hydrogen-bond donors (Lipinski definition) is 0. The predicted octanol–water partition coefficient (Wildman–Crippen LogP) is 3.79. The Kier molecular flexibility index (Phi) is 4.97. The molecule has 5 heteroatoms. The van der Waals surface area contributed by atoms with E-state index in [-0.39, 0.29) is 11.9 Å². The summed E-state index contributed by atoms with van der Waals surface area (Å²) in [6, 6.07) is 5.63. The van der Waals surface area contributed by atoms with Crippen molar-refractivity contribution in [3.8, 4) is 0 Å². The van der Waals surface area contributed by atoms with E-state index in [1.54, 1.807) is 6.07 Å². The number of carbonyl (C=O) groups excluding carboxylic acids is 1. The molecule has 0 spiro atoms. The topological polar surface area (TPSA) is 54.5 Å². The molecular weight excluding hydrogens is 334 g/mol. The Labute approximate surface area is 151 Å².